The lowest BCUT2D eigenvalue weighted by molar-refractivity contribution is 0.281. The van der Waals surface area contributed by atoms with Gasteiger partial charge in [0, 0.05) is 5.54 Å². The molecule has 1 aliphatic heterocycles. The van der Waals surface area contributed by atoms with Gasteiger partial charge in [0.1, 0.15) is 0 Å². The van der Waals surface area contributed by atoms with Crippen molar-refractivity contribution in [2.24, 2.45) is 5.92 Å². The molecule has 1 saturated carbocycles. The Bertz CT molecular complexity index is 127. The van der Waals surface area contributed by atoms with Crippen molar-refractivity contribution in [3.05, 3.63) is 0 Å². The van der Waals surface area contributed by atoms with Gasteiger partial charge in [0.15, 0.2) is 0 Å². The zero-order valence-electron chi connectivity index (χ0n) is 6.82. The molecule has 10 heavy (non-hydrogen) atoms. The molecule has 0 amide bonds. The monoisotopic (exact) mass is 139 g/mol. The number of rotatable bonds is 1. The summed E-state index contributed by atoms with van der Waals surface area (Å²) in [4.78, 5) is 0. The number of nitrogens with one attached hydrogen (secondary N) is 1. The van der Waals surface area contributed by atoms with E-state index in [0.717, 1.165) is 5.92 Å². The highest BCUT2D eigenvalue weighted by Gasteiger charge is 2.45. The smallest absolute Gasteiger partial charge is 0.0185 e. The fourth-order valence-corrected chi connectivity index (χ4v) is 2.15. The quantitative estimate of drug-likeness (QED) is 0.585. The molecule has 0 unspecified atom stereocenters. The molecule has 0 aromatic heterocycles. The van der Waals surface area contributed by atoms with Crippen LogP contribution in [0.2, 0.25) is 0 Å². The summed E-state index contributed by atoms with van der Waals surface area (Å²) in [6, 6.07) is 0. The van der Waals surface area contributed by atoms with Gasteiger partial charge in [0.05, 0.1) is 0 Å². The minimum absolute atomic E-state index is 0.652. The van der Waals surface area contributed by atoms with Gasteiger partial charge in [-0.1, -0.05) is 13.3 Å². The molecule has 1 heterocycles. The van der Waals surface area contributed by atoms with E-state index in [2.05, 4.69) is 12.2 Å². The minimum Gasteiger partial charge on any atom is -0.311 e. The molecule has 2 aliphatic rings. The lowest BCUT2D eigenvalue weighted by Crippen LogP contribution is -2.39. The Morgan fingerprint density at radius 2 is 2.30 bits per heavy atom. The molecule has 1 N–H and O–H groups in total. The van der Waals surface area contributed by atoms with E-state index in [4.69, 9.17) is 0 Å². The van der Waals surface area contributed by atoms with E-state index in [9.17, 15) is 0 Å². The fraction of sp³-hybridized carbons (Fsp3) is 1.00. The van der Waals surface area contributed by atoms with Crippen LogP contribution in [0.25, 0.3) is 0 Å². The van der Waals surface area contributed by atoms with Crippen molar-refractivity contribution in [2.45, 2.75) is 44.6 Å². The van der Waals surface area contributed by atoms with Crippen LogP contribution in [-0.4, -0.2) is 12.1 Å². The third-order valence-electron chi connectivity index (χ3n) is 3.16. The van der Waals surface area contributed by atoms with Gasteiger partial charge in [-0.05, 0) is 38.1 Å². The van der Waals surface area contributed by atoms with E-state index in [-0.39, 0.29) is 0 Å². The van der Waals surface area contributed by atoms with Crippen LogP contribution >= 0.6 is 0 Å². The maximum Gasteiger partial charge on any atom is 0.0185 e. The highest BCUT2D eigenvalue weighted by atomic mass is 15.0. The molecule has 1 saturated heterocycles. The molecule has 1 spiro atoms. The summed E-state index contributed by atoms with van der Waals surface area (Å²) in [6.07, 6.45) is 7.16. The van der Waals surface area contributed by atoms with Crippen LogP contribution in [0.1, 0.15) is 39.0 Å². The van der Waals surface area contributed by atoms with Crippen LogP contribution in [-0.2, 0) is 0 Å². The molecule has 1 nitrogen and oxygen atoms in total. The zero-order valence-corrected chi connectivity index (χ0v) is 6.82. The Morgan fingerprint density at radius 1 is 1.50 bits per heavy atom. The normalized spacial score (nSPS) is 36.3. The summed E-state index contributed by atoms with van der Waals surface area (Å²) in [5.41, 5.74) is 0.652. The second kappa shape index (κ2) is 2.23. The van der Waals surface area contributed by atoms with Gasteiger partial charge in [-0.3, -0.25) is 0 Å². The van der Waals surface area contributed by atoms with Crippen LogP contribution in [0.3, 0.4) is 0 Å². The molecular weight excluding hydrogens is 122 g/mol. The Morgan fingerprint density at radius 3 is 2.90 bits per heavy atom. The lowest BCUT2D eigenvalue weighted by atomic mass is 9.89. The van der Waals surface area contributed by atoms with Gasteiger partial charge in [-0.15, -0.1) is 0 Å². The van der Waals surface area contributed by atoms with E-state index in [1.165, 1.54) is 38.6 Å². The average molecular weight is 139 g/mol. The third-order valence-corrected chi connectivity index (χ3v) is 3.16. The first-order valence-electron chi connectivity index (χ1n) is 4.60. The van der Waals surface area contributed by atoms with Gasteiger partial charge in [0.25, 0.3) is 0 Å². The van der Waals surface area contributed by atoms with Gasteiger partial charge in [0.2, 0.25) is 0 Å². The van der Waals surface area contributed by atoms with E-state index in [1.54, 1.807) is 0 Å². The first-order chi connectivity index (χ1) is 4.85. The molecule has 0 aromatic rings. The van der Waals surface area contributed by atoms with Crippen molar-refractivity contribution in [3.8, 4) is 0 Å². The molecule has 0 bridgehead atoms. The maximum atomic E-state index is 3.63. The van der Waals surface area contributed by atoms with Crippen molar-refractivity contribution in [2.75, 3.05) is 6.54 Å². The topological polar surface area (TPSA) is 12.0 Å². The predicted octanol–water partition coefficient (Wildman–Crippen LogP) is 1.93. The van der Waals surface area contributed by atoms with Gasteiger partial charge in [-0.25, -0.2) is 0 Å². The van der Waals surface area contributed by atoms with Crippen molar-refractivity contribution in [1.29, 1.82) is 0 Å². The highest BCUT2D eigenvalue weighted by molar-refractivity contribution is 5.04. The Labute approximate surface area is 63.2 Å². The first-order valence-corrected chi connectivity index (χ1v) is 4.60. The molecule has 1 aliphatic carbocycles. The summed E-state index contributed by atoms with van der Waals surface area (Å²) in [7, 11) is 0. The standard InChI is InChI=1S/C9H17N/c1-2-8-3-6-10-9(7-8)4-5-9/h8,10H,2-7H2,1H3/t8-/m0/s1. The van der Waals surface area contributed by atoms with Gasteiger partial charge in [-0.2, -0.15) is 0 Å². The van der Waals surface area contributed by atoms with E-state index in [1.807, 2.05) is 0 Å². The van der Waals surface area contributed by atoms with E-state index in [0.29, 0.717) is 5.54 Å². The van der Waals surface area contributed by atoms with E-state index >= 15 is 0 Å². The average Bonchev–Trinajstić information content (AvgIpc) is 2.70. The number of hydrogen-bond donors (Lipinski definition) is 1. The van der Waals surface area contributed by atoms with Crippen LogP contribution in [0.5, 0.6) is 0 Å². The summed E-state index contributed by atoms with van der Waals surface area (Å²) in [6.45, 7) is 3.60. The van der Waals surface area contributed by atoms with Gasteiger partial charge >= 0.3 is 0 Å². The largest absolute Gasteiger partial charge is 0.311 e. The van der Waals surface area contributed by atoms with E-state index < -0.39 is 0 Å². The Kier molecular flexibility index (Phi) is 1.48. The summed E-state index contributed by atoms with van der Waals surface area (Å²) in [5.74, 6) is 1.03. The molecule has 0 aromatic carbocycles. The van der Waals surface area contributed by atoms with Crippen molar-refractivity contribution < 1.29 is 0 Å². The SMILES string of the molecule is CC[C@H]1CCNC2(CC2)C1. The van der Waals surface area contributed by atoms with Crippen molar-refractivity contribution >= 4 is 0 Å². The second-order valence-electron chi connectivity index (χ2n) is 3.97. The lowest BCUT2D eigenvalue weighted by Gasteiger charge is -2.29. The molecule has 58 valence electrons. The third kappa shape index (κ3) is 1.07. The van der Waals surface area contributed by atoms with Crippen LogP contribution < -0.4 is 5.32 Å². The summed E-state index contributed by atoms with van der Waals surface area (Å²) >= 11 is 0. The molecule has 2 fully saturated rings. The minimum atomic E-state index is 0.652. The van der Waals surface area contributed by atoms with Crippen molar-refractivity contribution in [1.82, 2.24) is 5.32 Å². The summed E-state index contributed by atoms with van der Waals surface area (Å²) < 4.78 is 0. The van der Waals surface area contributed by atoms with Crippen LogP contribution in [0.4, 0.5) is 0 Å². The zero-order chi connectivity index (χ0) is 7.03. The number of piperidine rings is 1. The predicted molar refractivity (Wildman–Crippen MR) is 43.0 cm³/mol. The van der Waals surface area contributed by atoms with Crippen LogP contribution in [0, 0.1) is 5.92 Å². The number of hydrogen-bond acceptors (Lipinski definition) is 1. The molecule has 2 rings (SSSR count). The Hall–Kier alpha value is -0.0400. The second-order valence-corrected chi connectivity index (χ2v) is 3.97. The van der Waals surface area contributed by atoms with Crippen molar-refractivity contribution in [3.63, 3.8) is 0 Å². The van der Waals surface area contributed by atoms with Gasteiger partial charge < -0.3 is 5.32 Å². The Balaban J connectivity index is 1.91. The van der Waals surface area contributed by atoms with Crippen LogP contribution in [0.15, 0.2) is 0 Å². The highest BCUT2D eigenvalue weighted by Crippen LogP contribution is 2.44. The summed E-state index contributed by atoms with van der Waals surface area (Å²) in [5, 5.41) is 3.63. The maximum absolute atomic E-state index is 3.63. The molecular formula is C9H17N. The fourth-order valence-electron chi connectivity index (χ4n) is 2.15. The first kappa shape index (κ1) is 6.66. The molecule has 1 atom stereocenters. The molecule has 0 radical (unpaired) electrons. The molecule has 1 heteroatoms.